The largest absolute Gasteiger partial charge is 0.384 e. The number of rotatable bonds is 19. The minimum absolute atomic E-state index is 0.211. The fourth-order valence-electron chi connectivity index (χ4n) is 5.13. The average molecular weight is 629 g/mol. The van der Waals surface area contributed by atoms with E-state index in [1.807, 2.05) is 12.1 Å². The number of nitrogens with one attached hydrogen (secondary N) is 1. The minimum atomic E-state index is 0.211. The standard InChI is InChI=1S/C30H48N10O5/c1-41-16-12-39(13-17-42-2)29-35-26-25(27(36-29)33-21-22-6-9-32-24(31)20-22)34-30(40(14-18-43-3)15-19-44-4)37-28(26)38-10-7-23(45-5)8-11-38/h6,9,20,23H,7-8,10-19,21H2,1-5H3,(H2,31,32)(H,33,35,36). The molecule has 1 saturated heterocycles. The third-order valence-corrected chi connectivity index (χ3v) is 7.71. The van der Waals surface area contributed by atoms with Gasteiger partial charge in [-0.25, -0.2) is 15.0 Å². The Kier molecular flexibility index (Phi) is 13.5. The number of nitrogen functional groups attached to an aromatic ring is 1. The average Bonchev–Trinajstić information content (AvgIpc) is 3.07. The van der Waals surface area contributed by atoms with Gasteiger partial charge in [-0.2, -0.15) is 9.97 Å². The summed E-state index contributed by atoms with van der Waals surface area (Å²) in [6, 6.07) is 3.75. The number of hydrogen-bond donors (Lipinski definition) is 2. The van der Waals surface area contributed by atoms with Crippen molar-refractivity contribution in [2.75, 3.05) is 127 Å². The molecule has 1 aliphatic heterocycles. The summed E-state index contributed by atoms with van der Waals surface area (Å²) >= 11 is 0. The normalized spacial score (nSPS) is 13.8. The van der Waals surface area contributed by atoms with Gasteiger partial charge in [-0.15, -0.1) is 0 Å². The zero-order chi connectivity index (χ0) is 32.0. The Balaban J connectivity index is 1.89. The lowest BCUT2D eigenvalue weighted by Crippen LogP contribution is -2.38. The number of hydrogen-bond acceptors (Lipinski definition) is 15. The van der Waals surface area contributed by atoms with Gasteiger partial charge in [-0.1, -0.05) is 0 Å². The molecule has 0 aliphatic carbocycles. The van der Waals surface area contributed by atoms with Crippen LogP contribution in [0.1, 0.15) is 18.4 Å². The maximum Gasteiger partial charge on any atom is 0.228 e. The van der Waals surface area contributed by atoms with E-state index in [1.54, 1.807) is 41.7 Å². The van der Waals surface area contributed by atoms with E-state index in [9.17, 15) is 0 Å². The summed E-state index contributed by atoms with van der Waals surface area (Å²) in [5, 5.41) is 3.52. The Morgan fingerprint density at radius 3 is 1.89 bits per heavy atom. The van der Waals surface area contributed by atoms with Gasteiger partial charge in [0.15, 0.2) is 11.6 Å². The number of piperidine rings is 1. The lowest BCUT2D eigenvalue weighted by atomic mass is 10.1. The number of aromatic nitrogens is 5. The first-order chi connectivity index (χ1) is 22.0. The highest BCUT2D eigenvalue weighted by atomic mass is 16.5. The molecule has 0 bridgehead atoms. The van der Waals surface area contributed by atoms with Gasteiger partial charge in [0.05, 0.1) is 32.5 Å². The topological polar surface area (TPSA) is 158 Å². The van der Waals surface area contributed by atoms with E-state index in [1.165, 1.54) is 0 Å². The summed E-state index contributed by atoms with van der Waals surface area (Å²) in [5.41, 5.74) is 8.22. The molecule has 3 aromatic rings. The van der Waals surface area contributed by atoms with Crippen LogP contribution in [0.5, 0.6) is 0 Å². The van der Waals surface area contributed by atoms with Gasteiger partial charge >= 0.3 is 0 Å². The van der Waals surface area contributed by atoms with Crippen LogP contribution in [0, 0.1) is 0 Å². The second-order valence-electron chi connectivity index (χ2n) is 10.7. The van der Waals surface area contributed by atoms with Crippen LogP contribution in [-0.2, 0) is 30.2 Å². The van der Waals surface area contributed by atoms with Gasteiger partial charge in [0.1, 0.15) is 16.9 Å². The summed E-state index contributed by atoms with van der Waals surface area (Å²) in [6.07, 6.45) is 3.67. The number of anilines is 5. The number of ether oxygens (including phenoxy) is 5. The van der Waals surface area contributed by atoms with Gasteiger partial charge in [0.2, 0.25) is 11.9 Å². The predicted molar refractivity (Wildman–Crippen MR) is 175 cm³/mol. The molecule has 0 radical (unpaired) electrons. The lowest BCUT2D eigenvalue weighted by Gasteiger charge is -2.33. The Morgan fingerprint density at radius 1 is 0.800 bits per heavy atom. The van der Waals surface area contributed by atoms with Crippen LogP contribution >= 0.6 is 0 Å². The summed E-state index contributed by atoms with van der Waals surface area (Å²) in [5.74, 6) is 2.88. The monoisotopic (exact) mass is 628 g/mol. The third kappa shape index (κ3) is 9.43. The highest BCUT2D eigenvalue weighted by molar-refractivity contribution is 5.95. The minimum Gasteiger partial charge on any atom is -0.384 e. The summed E-state index contributed by atoms with van der Waals surface area (Å²) < 4.78 is 27.3. The Hall–Kier alpha value is -3.63. The van der Waals surface area contributed by atoms with Gasteiger partial charge < -0.3 is 49.4 Å². The van der Waals surface area contributed by atoms with Crippen molar-refractivity contribution in [3.63, 3.8) is 0 Å². The van der Waals surface area contributed by atoms with E-state index >= 15 is 0 Å². The fraction of sp³-hybridized carbons (Fsp3) is 0.633. The molecule has 15 nitrogen and oxygen atoms in total. The van der Waals surface area contributed by atoms with Gasteiger partial charge in [-0.05, 0) is 30.5 Å². The molecular weight excluding hydrogens is 580 g/mol. The molecule has 0 aromatic carbocycles. The van der Waals surface area contributed by atoms with E-state index in [-0.39, 0.29) is 6.10 Å². The molecule has 15 heteroatoms. The van der Waals surface area contributed by atoms with Gasteiger partial charge in [-0.3, -0.25) is 0 Å². The van der Waals surface area contributed by atoms with Crippen molar-refractivity contribution in [2.24, 2.45) is 0 Å². The maximum atomic E-state index is 5.97. The van der Waals surface area contributed by atoms with Crippen LogP contribution in [0.4, 0.5) is 29.4 Å². The quantitative estimate of drug-likeness (QED) is 0.198. The van der Waals surface area contributed by atoms with Crippen molar-refractivity contribution < 1.29 is 23.7 Å². The van der Waals surface area contributed by atoms with E-state index < -0.39 is 0 Å². The zero-order valence-electron chi connectivity index (χ0n) is 27.2. The fourth-order valence-corrected chi connectivity index (χ4v) is 5.13. The molecule has 0 unspecified atom stereocenters. The Bertz CT molecular complexity index is 1310. The summed E-state index contributed by atoms with van der Waals surface area (Å²) in [4.78, 5) is 30.9. The van der Waals surface area contributed by atoms with Crippen LogP contribution in [-0.4, -0.2) is 132 Å². The zero-order valence-corrected chi connectivity index (χ0v) is 27.2. The Morgan fingerprint density at radius 2 is 1.36 bits per heavy atom. The molecule has 0 atom stereocenters. The van der Waals surface area contributed by atoms with Gasteiger partial charge in [0.25, 0.3) is 0 Å². The molecule has 0 spiro atoms. The molecule has 1 aliphatic rings. The number of pyridine rings is 1. The first kappa shape index (κ1) is 34.2. The van der Waals surface area contributed by atoms with Crippen LogP contribution in [0.15, 0.2) is 18.3 Å². The van der Waals surface area contributed by atoms with Crippen molar-refractivity contribution in [1.29, 1.82) is 0 Å². The molecule has 3 aromatic heterocycles. The number of fused-ring (bicyclic) bond motifs is 1. The maximum absolute atomic E-state index is 5.97. The molecule has 0 saturated carbocycles. The highest BCUT2D eigenvalue weighted by Crippen LogP contribution is 2.33. The van der Waals surface area contributed by atoms with Crippen molar-refractivity contribution in [3.05, 3.63) is 23.9 Å². The molecule has 0 amide bonds. The summed E-state index contributed by atoms with van der Waals surface area (Å²) in [6.45, 7) is 6.39. The molecule has 4 rings (SSSR count). The molecule has 1 fully saturated rings. The first-order valence-corrected chi connectivity index (χ1v) is 15.3. The van der Waals surface area contributed by atoms with Crippen molar-refractivity contribution in [3.8, 4) is 0 Å². The number of methoxy groups -OCH3 is 5. The van der Waals surface area contributed by atoms with Crippen molar-refractivity contribution >= 4 is 40.4 Å². The molecule has 45 heavy (non-hydrogen) atoms. The molecule has 248 valence electrons. The second-order valence-corrected chi connectivity index (χ2v) is 10.7. The molecular formula is C30H48N10O5. The van der Waals surface area contributed by atoms with Crippen LogP contribution in [0.3, 0.4) is 0 Å². The van der Waals surface area contributed by atoms with Crippen LogP contribution in [0.25, 0.3) is 11.0 Å². The van der Waals surface area contributed by atoms with Crippen molar-refractivity contribution in [1.82, 2.24) is 24.9 Å². The highest BCUT2D eigenvalue weighted by Gasteiger charge is 2.27. The SMILES string of the molecule is COCCN(CCOC)c1nc(N2CCC(OC)CC2)c2nc(N(CCOC)CCOC)nc(NCc3ccnc(N)c3)c2n1. The lowest BCUT2D eigenvalue weighted by molar-refractivity contribution is 0.0818. The molecule has 4 heterocycles. The van der Waals surface area contributed by atoms with Gasteiger partial charge in [0, 0.05) is 87.6 Å². The first-order valence-electron chi connectivity index (χ1n) is 15.3. The van der Waals surface area contributed by atoms with Crippen LogP contribution in [0.2, 0.25) is 0 Å². The Labute approximate surface area is 265 Å². The van der Waals surface area contributed by atoms with E-state index in [2.05, 4.69) is 25.0 Å². The predicted octanol–water partition coefficient (Wildman–Crippen LogP) is 1.82. The number of nitrogens with two attached hydrogens (primary N) is 1. The second kappa shape index (κ2) is 17.8. The van der Waals surface area contributed by atoms with E-state index in [4.69, 9.17) is 49.4 Å². The third-order valence-electron chi connectivity index (χ3n) is 7.71. The van der Waals surface area contributed by atoms with E-state index in [0.29, 0.717) is 93.7 Å². The van der Waals surface area contributed by atoms with E-state index in [0.717, 1.165) is 37.3 Å². The molecule has 3 N–H and O–H groups in total. The van der Waals surface area contributed by atoms with Crippen molar-refractivity contribution in [2.45, 2.75) is 25.5 Å². The summed E-state index contributed by atoms with van der Waals surface area (Å²) in [7, 11) is 8.50. The number of nitrogens with zero attached hydrogens (tertiary/aromatic N) is 8. The smallest absolute Gasteiger partial charge is 0.228 e. The van der Waals surface area contributed by atoms with Crippen LogP contribution < -0.4 is 25.8 Å².